The van der Waals surface area contributed by atoms with E-state index >= 15 is 0 Å². The third kappa shape index (κ3) is 1.79. The van der Waals surface area contributed by atoms with Crippen molar-refractivity contribution >= 4 is 6.01 Å². The molecule has 2 aromatic rings. The summed E-state index contributed by atoms with van der Waals surface area (Å²) in [6, 6.07) is 9.79. The van der Waals surface area contributed by atoms with Crippen LogP contribution in [-0.4, -0.2) is 24.2 Å². The van der Waals surface area contributed by atoms with Gasteiger partial charge in [0, 0.05) is 19.7 Å². The topological polar surface area (TPSA) is 49.5 Å². The van der Waals surface area contributed by atoms with Gasteiger partial charge in [0.1, 0.15) is 0 Å². The number of anilines is 1. The van der Waals surface area contributed by atoms with Gasteiger partial charge in [-0.15, -0.1) is 0 Å². The minimum absolute atomic E-state index is 0.0788. The molecule has 4 heteroatoms. The molecule has 0 aliphatic rings. The molecule has 4 nitrogen and oxygen atoms in total. The van der Waals surface area contributed by atoms with Crippen LogP contribution in [0.2, 0.25) is 0 Å². The third-order valence-corrected chi connectivity index (χ3v) is 2.02. The number of nitrogens with zero attached hydrogens (tertiary/aromatic N) is 2. The lowest BCUT2D eigenvalue weighted by Crippen LogP contribution is -2.08. The van der Waals surface area contributed by atoms with Crippen molar-refractivity contribution in [2.75, 3.05) is 19.0 Å². The van der Waals surface area contributed by atoms with Crippen molar-refractivity contribution < 1.29 is 9.52 Å². The molecule has 2 rings (SSSR count). The van der Waals surface area contributed by atoms with E-state index in [2.05, 4.69) is 4.98 Å². The molecule has 78 valence electrons. The van der Waals surface area contributed by atoms with E-state index < -0.39 is 0 Å². The lowest BCUT2D eigenvalue weighted by atomic mass is 10.2. The molecule has 0 fully saturated rings. The van der Waals surface area contributed by atoms with Crippen molar-refractivity contribution in [1.29, 1.82) is 0 Å². The Morgan fingerprint density at radius 2 is 1.87 bits per heavy atom. The molecule has 0 unspecified atom stereocenters. The Balaban J connectivity index is 2.45. The van der Waals surface area contributed by atoms with Crippen LogP contribution >= 0.6 is 0 Å². The Kier molecular flexibility index (Phi) is 2.33. The third-order valence-electron chi connectivity index (χ3n) is 2.02. The zero-order chi connectivity index (χ0) is 10.8. The van der Waals surface area contributed by atoms with Crippen LogP contribution in [0.3, 0.4) is 0 Å². The van der Waals surface area contributed by atoms with Gasteiger partial charge in [0.25, 0.3) is 5.88 Å². The van der Waals surface area contributed by atoms with Gasteiger partial charge in [-0.3, -0.25) is 0 Å². The van der Waals surface area contributed by atoms with E-state index in [4.69, 9.17) is 4.42 Å². The van der Waals surface area contributed by atoms with E-state index in [1.165, 1.54) is 0 Å². The Labute approximate surface area is 87.8 Å². The van der Waals surface area contributed by atoms with E-state index in [1.54, 1.807) is 19.0 Å². The average molecular weight is 204 g/mol. The number of benzene rings is 1. The molecule has 15 heavy (non-hydrogen) atoms. The van der Waals surface area contributed by atoms with Crippen molar-refractivity contribution in [3.05, 3.63) is 30.3 Å². The normalized spacial score (nSPS) is 10.3. The Hall–Kier alpha value is -1.97. The summed E-state index contributed by atoms with van der Waals surface area (Å²) in [5.74, 6) is 0.323. The second-order valence-electron chi connectivity index (χ2n) is 3.41. The van der Waals surface area contributed by atoms with Crippen molar-refractivity contribution in [3.8, 4) is 17.2 Å². The molecule has 1 heterocycles. The number of aromatic hydroxyl groups is 1. The quantitative estimate of drug-likeness (QED) is 0.814. The summed E-state index contributed by atoms with van der Waals surface area (Å²) in [5.41, 5.74) is 0.815. The maximum Gasteiger partial charge on any atom is 0.300 e. The molecular weight excluding hydrogens is 192 g/mol. The molecule has 0 saturated heterocycles. The zero-order valence-corrected chi connectivity index (χ0v) is 8.64. The van der Waals surface area contributed by atoms with Crippen molar-refractivity contribution in [2.45, 2.75) is 0 Å². The number of rotatable bonds is 2. The zero-order valence-electron chi connectivity index (χ0n) is 8.64. The fourth-order valence-corrected chi connectivity index (χ4v) is 1.27. The van der Waals surface area contributed by atoms with E-state index in [1.807, 2.05) is 30.3 Å². The van der Waals surface area contributed by atoms with Gasteiger partial charge >= 0.3 is 6.01 Å². The molecule has 0 radical (unpaired) electrons. The molecule has 0 aliphatic carbocycles. The molecule has 0 amide bonds. The van der Waals surface area contributed by atoms with Gasteiger partial charge in [-0.05, 0) is 0 Å². The van der Waals surface area contributed by atoms with Crippen molar-refractivity contribution in [1.82, 2.24) is 4.98 Å². The SMILES string of the molecule is CN(C)c1nc(O)c(-c2ccccc2)o1. The van der Waals surface area contributed by atoms with Gasteiger partial charge in [0.15, 0.2) is 5.76 Å². The first kappa shape index (κ1) is 9.58. The van der Waals surface area contributed by atoms with Crippen molar-refractivity contribution in [3.63, 3.8) is 0 Å². The van der Waals surface area contributed by atoms with Gasteiger partial charge in [-0.2, -0.15) is 4.98 Å². The minimum atomic E-state index is -0.0788. The highest BCUT2D eigenvalue weighted by molar-refractivity contribution is 5.63. The van der Waals surface area contributed by atoms with E-state index in [0.717, 1.165) is 5.56 Å². The van der Waals surface area contributed by atoms with Crippen LogP contribution in [0, 0.1) is 0 Å². The number of hydrogen-bond acceptors (Lipinski definition) is 4. The predicted molar refractivity (Wildman–Crippen MR) is 57.9 cm³/mol. The molecule has 0 aliphatic heterocycles. The lowest BCUT2D eigenvalue weighted by molar-refractivity contribution is 0.453. The Morgan fingerprint density at radius 3 is 2.40 bits per heavy atom. The summed E-state index contributed by atoms with van der Waals surface area (Å²) in [6.07, 6.45) is 0. The molecule has 0 bridgehead atoms. The highest BCUT2D eigenvalue weighted by Gasteiger charge is 2.14. The highest BCUT2D eigenvalue weighted by atomic mass is 16.4. The van der Waals surface area contributed by atoms with Crippen LogP contribution in [0.25, 0.3) is 11.3 Å². The van der Waals surface area contributed by atoms with Crippen LogP contribution in [0.4, 0.5) is 6.01 Å². The molecule has 0 saturated carbocycles. The van der Waals surface area contributed by atoms with Crippen LogP contribution in [-0.2, 0) is 0 Å². The van der Waals surface area contributed by atoms with Gasteiger partial charge in [0.05, 0.1) is 0 Å². The maximum absolute atomic E-state index is 9.60. The predicted octanol–water partition coefficient (Wildman–Crippen LogP) is 2.11. The van der Waals surface area contributed by atoms with Crippen molar-refractivity contribution in [2.24, 2.45) is 0 Å². The fraction of sp³-hybridized carbons (Fsp3) is 0.182. The average Bonchev–Trinajstić information content (AvgIpc) is 2.62. The molecule has 0 spiro atoms. The molecule has 1 aromatic carbocycles. The summed E-state index contributed by atoms with van der Waals surface area (Å²) in [5, 5.41) is 9.60. The fourth-order valence-electron chi connectivity index (χ4n) is 1.27. The van der Waals surface area contributed by atoms with Crippen LogP contribution in [0.5, 0.6) is 5.88 Å². The minimum Gasteiger partial charge on any atom is -0.490 e. The number of aromatic nitrogens is 1. The van der Waals surface area contributed by atoms with Gasteiger partial charge in [-0.1, -0.05) is 30.3 Å². The van der Waals surface area contributed by atoms with Gasteiger partial charge < -0.3 is 14.4 Å². The van der Waals surface area contributed by atoms with Gasteiger partial charge in [0.2, 0.25) is 0 Å². The van der Waals surface area contributed by atoms with E-state index in [0.29, 0.717) is 11.8 Å². The first-order chi connectivity index (χ1) is 7.18. The smallest absolute Gasteiger partial charge is 0.300 e. The molecular formula is C11H12N2O2. The van der Waals surface area contributed by atoms with E-state index in [-0.39, 0.29) is 5.88 Å². The standard InChI is InChI=1S/C11H12N2O2/c1-13(2)11-12-10(14)9(15-11)8-6-4-3-5-7-8/h3-7,14H,1-2H3. The first-order valence-electron chi connectivity index (χ1n) is 4.61. The number of oxazole rings is 1. The molecule has 0 atom stereocenters. The molecule has 1 N–H and O–H groups in total. The summed E-state index contributed by atoms with van der Waals surface area (Å²) in [6.45, 7) is 0. The summed E-state index contributed by atoms with van der Waals surface area (Å²) in [7, 11) is 3.61. The lowest BCUT2D eigenvalue weighted by Gasteiger charge is -2.03. The Morgan fingerprint density at radius 1 is 1.20 bits per heavy atom. The first-order valence-corrected chi connectivity index (χ1v) is 4.61. The maximum atomic E-state index is 9.60. The summed E-state index contributed by atoms with van der Waals surface area (Å²) >= 11 is 0. The largest absolute Gasteiger partial charge is 0.490 e. The van der Waals surface area contributed by atoms with Crippen LogP contribution < -0.4 is 4.90 Å². The second-order valence-corrected chi connectivity index (χ2v) is 3.41. The van der Waals surface area contributed by atoms with Crippen LogP contribution in [0.1, 0.15) is 0 Å². The monoisotopic (exact) mass is 204 g/mol. The summed E-state index contributed by atoms with van der Waals surface area (Å²) < 4.78 is 5.43. The summed E-state index contributed by atoms with van der Waals surface area (Å²) in [4.78, 5) is 5.60. The molecule has 1 aromatic heterocycles. The van der Waals surface area contributed by atoms with Gasteiger partial charge in [-0.25, -0.2) is 0 Å². The highest BCUT2D eigenvalue weighted by Crippen LogP contribution is 2.32. The number of hydrogen-bond donors (Lipinski definition) is 1. The second kappa shape index (κ2) is 3.65. The Bertz CT molecular complexity index is 449. The van der Waals surface area contributed by atoms with E-state index in [9.17, 15) is 5.11 Å². The van der Waals surface area contributed by atoms with Crippen LogP contribution in [0.15, 0.2) is 34.7 Å².